The molecular weight excluding hydrogens is 372 g/mol. The summed E-state index contributed by atoms with van der Waals surface area (Å²) in [5, 5.41) is 10.4. The van der Waals surface area contributed by atoms with E-state index >= 15 is 0 Å². The third kappa shape index (κ3) is 3.56. The lowest BCUT2D eigenvalue weighted by molar-refractivity contribution is -0.384. The molecule has 1 aromatic heterocycles. The molecule has 8 nitrogen and oxygen atoms in total. The predicted octanol–water partition coefficient (Wildman–Crippen LogP) is 3.53. The number of furan rings is 1. The molecule has 2 aromatic rings. The molecule has 0 atom stereocenters. The number of ether oxygens (including phenoxy) is 1. The van der Waals surface area contributed by atoms with Crippen LogP contribution in [0.3, 0.4) is 0 Å². The molecule has 2 heterocycles. The minimum atomic E-state index is -0.522. The Hall–Kier alpha value is -3.51. The van der Waals surface area contributed by atoms with Crippen LogP contribution in [0.1, 0.15) is 5.76 Å². The number of imide groups is 1. The highest BCUT2D eigenvalue weighted by Gasteiger charge is 2.34. The molecule has 136 valence electrons. The fraction of sp³-hybridized carbons (Fsp3) is 0.111. The van der Waals surface area contributed by atoms with Gasteiger partial charge in [-0.05, 0) is 30.0 Å². The summed E-state index contributed by atoms with van der Waals surface area (Å²) in [7, 11) is 1.40. The fourth-order valence-corrected chi connectivity index (χ4v) is 3.25. The monoisotopic (exact) mass is 384 g/mol. The number of thioether (sulfide) groups is 1. The van der Waals surface area contributed by atoms with Gasteiger partial charge in [0.1, 0.15) is 17.3 Å². The first kappa shape index (κ1) is 18.3. The standard InChI is InChI=1S/C18H12N2O6S/c1-3-8-19-17(21)16(27-18(19)22)10-12-5-7-14(26-12)13-6-4-11(20(23)24)9-15(13)25-2/h1,4-7,9-10H,8H2,2H3/b16-10-. The van der Waals surface area contributed by atoms with Crippen LogP contribution in [0, 0.1) is 22.5 Å². The molecule has 9 heteroatoms. The summed E-state index contributed by atoms with van der Waals surface area (Å²) >= 11 is 0.778. The Labute approximate surface area is 157 Å². The van der Waals surface area contributed by atoms with Gasteiger partial charge in [0.2, 0.25) is 0 Å². The van der Waals surface area contributed by atoms with Crippen molar-refractivity contribution in [3.63, 3.8) is 0 Å². The molecule has 1 fully saturated rings. The lowest BCUT2D eigenvalue weighted by Gasteiger charge is -2.06. The van der Waals surface area contributed by atoms with Gasteiger partial charge < -0.3 is 9.15 Å². The number of carbonyl (C=O) groups excluding carboxylic acids is 2. The summed E-state index contributed by atoms with van der Waals surface area (Å²) in [6.45, 7) is -0.0919. The molecule has 0 radical (unpaired) electrons. The first-order valence-electron chi connectivity index (χ1n) is 7.56. The first-order chi connectivity index (χ1) is 12.9. The highest BCUT2D eigenvalue weighted by Crippen LogP contribution is 2.36. The number of carbonyl (C=O) groups is 2. The van der Waals surface area contributed by atoms with Gasteiger partial charge >= 0.3 is 0 Å². The third-order valence-corrected chi connectivity index (χ3v) is 4.59. The van der Waals surface area contributed by atoms with Crippen LogP contribution in [0.5, 0.6) is 5.75 Å². The van der Waals surface area contributed by atoms with Crippen LogP contribution in [-0.4, -0.2) is 34.6 Å². The number of methoxy groups -OCH3 is 1. The molecule has 0 unspecified atom stereocenters. The van der Waals surface area contributed by atoms with Crippen LogP contribution < -0.4 is 4.74 Å². The minimum absolute atomic E-state index is 0.0919. The van der Waals surface area contributed by atoms with Crippen molar-refractivity contribution < 1.29 is 23.7 Å². The lowest BCUT2D eigenvalue weighted by Crippen LogP contribution is -2.28. The van der Waals surface area contributed by atoms with Gasteiger partial charge in [-0.15, -0.1) is 6.42 Å². The van der Waals surface area contributed by atoms with E-state index in [0.717, 1.165) is 16.7 Å². The quantitative estimate of drug-likeness (QED) is 0.336. The summed E-state index contributed by atoms with van der Waals surface area (Å²) in [5.41, 5.74) is 0.410. The van der Waals surface area contributed by atoms with E-state index in [-0.39, 0.29) is 22.9 Å². The van der Waals surface area contributed by atoms with Gasteiger partial charge in [-0.1, -0.05) is 5.92 Å². The molecule has 0 saturated carbocycles. The van der Waals surface area contributed by atoms with Gasteiger partial charge in [0, 0.05) is 12.1 Å². The first-order valence-corrected chi connectivity index (χ1v) is 8.37. The topological polar surface area (TPSA) is 103 Å². The number of terminal acetylenes is 1. The normalized spacial score (nSPS) is 15.3. The lowest BCUT2D eigenvalue weighted by atomic mass is 10.1. The average molecular weight is 384 g/mol. The van der Waals surface area contributed by atoms with Gasteiger partial charge in [0.15, 0.2) is 0 Å². The van der Waals surface area contributed by atoms with Crippen LogP contribution in [0.2, 0.25) is 0 Å². The second kappa shape index (κ2) is 7.39. The van der Waals surface area contributed by atoms with Crippen molar-refractivity contribution in [3.05, 3.63) is 51.1 Å². The number of non-ortho nitro benzene ring substituents is 1. The smallest absolute Gasteiger partial charge is 0.294 e. The summed E-state index contributed by atoms with van der Waals surface area (Å²) < 4.78 is 10.9. The van der Waals surface area contributed by atoms with Crippen LogP contribution in [-0.2, 0) is 4.79 Å². The van der Waals surface area contributed by atoms with Gasteiger partial charge in [0.25, 0.3) is 16.8 Å². The van der Waals surface area contributed by atoms with Gasteiger partial charge in [-0.3, -0.25) is 24.6 Å². The van der Waals surface area contributed by atoms with Crippen molar-refractivity contribution in [1.82, 2.24) is 4.90 Å². The van der Waals surface area contributed by atoms with Crippen LogP contribution in [0.25, 0.3) is 17.4 Å². The summed E-state index contributed by atoms with van der Waals surface area (Å²) in [6.07, 6.45) is 6.61. The van der Waals surface area contributed by atoms with Crippen molar-refractivity contribution in [2.24, 2.45) is 0 Å². The number of benzene rings is 1. The Bertz CT molecular complexity index is 1020. The maximum atomic E-state index is 12.2. The van der Waals surface area contributed by atoms with E-state index < -0.39 is 16.1 Å². The number of hydrogen-bond donors (Lipinski definition) is 0. The summed E-state index contributed by atoms with van der Waals surface area (Å²) in [4.78, 5) is 35.5. The zero-order valence-electron chi connectivity index (χ0n) is 14.0. The molecule has 0 spiro atoms. The third-order valence-electron chi connectivity index (χ3n) is 3.68. The zero-order valence-corrected chi connectivity index (χ0v) is 14.8. The molecule has 0 N–H and O–H groups in total. The number of nitrogens with zero attached hydrogens (tertiary/aromatic N) is 2. The number of nitro groups is 1. The molecule has 1 saturated heterocycles. The van der Waals surface area contributed by atoms with Crippen LogP contribution in [0.15, 0.2) is 39.7 Å². The predicted molar refractivity (Wildman–Crippen MR) is 98.9 cm³/mol. The van der Waals surface area contributed by atoms with E-state index in [1.807, 2.05) is 0 Å². The van der Waals surface area contributed by atoms with Crippen molar-refractivity contribution >= 4 is 34.7 Å². The largest absolute Gasteiger partial charge is 0.496 e. The zero-order chi connectivity index (χ0) is 19.6. The van der Waals surface area contributed by atoms with Crippen molar-refractivity contribution in [3.8, 4) is 29.4 Å². The van der Waals surface area contributed by atoms with E-state index in [1.165, 1.54) is 31.4 Å². The molecule has 1 aromatic carbocycles. The van der Waals surface area contributed by atoms with E-state index in [0.29, 0.717) is 17.1 Å². The molecule has 3 rings (SSSR count). The van der Waals surface area contributed by atoms with Gasteiger partial charge in [0.05, 0.1) is 35.1 Å². The average Bonchev–Trinajstić information content (AvgIpc) is 3.21. The number of nitro benzene ring substituents is 1. The van der Waals surface area contributed by atoms with Crippen molar-refractivity contribution in [1.29, 1.82) is 0 Å². The summed E-state index contributed by atoms with van der Waals surface area (Å²) in [5.74, 6) is 2.81. The van der Waals surface area contributed by atoms with Crippen LogP contribution >= 0.6 is 11.8 Å². The Morgan fingerprint density at radius 3 is 2.81 bits per heavy atom. The minimum Gasteiger partial charge on any atom is -0.496 e. The maximum Gasteiger partial charge on any atom is 0.294 e. The molecule has 27 heavy (non-hydrogen) atoms. The SMILES string of the molecule is C#CCN1C(=O)S/C(=C\c2ccc(-c3ccc([N+](=O)[O-])cc3OC)o2)C1=O. The Morgan fingerprint density at radius 2 is 2.15 bits per heavy atom. The second-order valence-corrected chi connectivity index (χ2v) is 6.31. The number of hydrogen-bond acceptors (Lipinski definition) is 7. The molecule has 1 aliphatic rings. The van der Waals surface area contributed by atoms with E-state index in [4.69, 9.17) is 15.6 Å². The number of amides is 2. The van der Waals surface area contributed by atoms with Gasteiger partial charge in [-0.25, -0.2) is 0 Å². The van der Waals surface area contributed by atoms with Gasteiger partial charge in [-0.2, -0.15) is 0 Å². The fourth-order valence-electron chi connectivity index (χ4n) is 2.43. The van der Waals surface area contributed by atoms with E-state index in [9.17, 15) is 19.7 Å². The Morgan fingerprint density at radius 1 is 1.37 bits per heavy atom. The molecular formula is C18H12N2O6S. The van der Waals surface area contributed by atoms with E-state index in [1.54, 1.807) is 12.1 Å². The Kier molecular flexibility index (Phi) is 5.00. The highest BCUT2D eigenvalue weighted by atomic mass is 32.2. The molecule has 0 aliphatic carbocycles. The molecule has 0 bridgehead atoms. The van der Waals surface area contributed by atoms with Crippen LogP contribution in [0.4, 0.5) is 10.5 Å². The second-order valence-electron chi connectivity index (χ2n) is 5.32. The number of rotatable bonds is 5. The molecule has 2 amide bonds. The van der Waals surface area contributed by atoms with E-state index in [2.05, 4.69) is 5.92 Å². The summed E-state index contributed by atoms with van der Waals surface area (Å²) in [6, 6.07) is 7.40. The molecule has 1 aliphatic heterocycles. The van der Waals surface area contributed by atoms with Crippen molar-refractivity contribution in [2.75, 3.05) is 13.7 Å². The Balaban J connectivity index is 1.90. The highest BCUT2D eigenvalue weighted by molar-refractivity contribution is 8.18. The maximum absolute atomic E-state index is 12.2. The van der Waals surface area contributed by atoms with Crippen molar-refractivity contribution in [2.45, 2.75) is 0 Å².